The van der Waals surface area contributed by atoms with Gasteiger partial charge in [-0.2, -0.15) is 0 Å². The summed E-state index contributed by atoms with van der Waals surface area (Å²) in [4.78, 5) is 39.3. The fourth-order valence-corrected chi connectivity index (χ4v) is 3.03. The predicted molar refractivity (Wildman–Crippen MR) is 81.5 cm³/mol. The number of aromatic nitrogens is 3. The Bertz CT molecular complexity index is 992. The van der Waals surface area contributed by atoms with Gasteiger partial charge in [0, 0.05) is 36.3 Å². The molecule has 1 amide bonds. The van der Waals surface area contributed by atoms with Crippen molar-refractivity contribution in [3.05, 3.63) is 56.4 Å². The minimum absolute atomic E-state index is 0.102. The van der Waals surface area contributed by atoms with Crippen molar-refractivity contribution in [1.29, 1.82) is 0 Å². The van der Waals surface area contributed by atoms with Gasteiger partial charge in [0.25, 0.3) is 11.5 Å². The molecular formula is C15H14N4O4. The van der Waals surface area contributed by atoms with Gasteiger partial charge < -0.3 is 14.4 Å². The van der Waals surface area contributed by atoms with Gasteiger partial charge in [0.05, 0.1) is 5.52 Å². The summed E-state index contributed by atoms with van der Waals surface area (Å²) in [5.74, 6) is -0.521. The number of likely N-dealkylation sites (tertiary alicyclic amines) is 1. The highest BCUT2D eigenvalue weighted by atomic mass is 16.4. The minimum atomic E-state index is -0.540. The molecule has 0 spiro atoms. The van der Waals surface area contributed by atoms with Crippen molar-refractivity contribution in [3.63, 3.8) is 0 Å². The van der Waals surface area contributed by atoms with E-state index in [0.29, 0.717) is 29.8 Å². The number of aromatic amines is 3. The average molecular weight is 314 g/mol. The first kappa shape index (κ1) is 13.6. The van der Waals surface area contributed by atoms with Crippen molar-refractivity contribution < 1.29 is 9.21 Å². The van der Waals surface area contributed by atoms with Crippen LogP contribution in [0.4, 0.5) is 0 Å². The Labute approximate surface area is 129 Å². The lowest BCUT2D eigenvalue weighted by molar-refractivity contribution is 0.0791. The number of H-pyrrole nitrogens is 3. The lowest BCUT2D eigenvalue weighted by atomic mass is 10.1. The number of oxazole rings is 1. The summed E-state index contributed by atoms with van der Waals surface area (Å²) in [6.45, 7) is 1.17. The predicted octanol–water partition coefficient (Wildman–Crippen LogP) is 0.767. The maximum absolute atomic E-state index is 12.6. The number of hydrogen-bond donors (Lipinski definition) is 3. The molecule has 1 aliphatic heterocycles. The van der Waals surface area contributed by atoms with Crippen molar-refractivity contribution in [2.45, 2.75) is 12.3 Å². The third-order valence-electron chi connectivity index (χ3n) is 4.20. The maximum Gasteiger partial charge on any atom is 0.417 e. The molecule has 23 heavy (non-hydrogen) atoms. The van der Waals surface area contributed by atoms with E-state index in [1.165, 1.54) is 6.07 Å². The Balaban J connectivity index is 1.56. The van der Waals surface area contributed by atoms with Crippen molar-refractivity contribution >= 4 is 17.0 Å². The van der Waals surface area contributed by atoms with Crippen molar-refractivity contribution in [3.8, 4) is 0 Å². The van der Waals surface area contributed by atoms with Gasteiger partial charge in [-0.3, -0.25) is 19.7 Å². The van der Waals surface area contributed by atoms with E-state index in [2.05, 4.69) is 15.2 Å². The van der Waals surface area contributed by atoms with E-state index in [-0.39, 0.29) is 17.4 Å². The van der Waals surface area contributed by atoms with Crippen molar-refractivity contribution in [2.75, 3.05) is 13.1 Å². The second kappa shape index (κ2) is 5.01. The number of fused-ring (bicyclic) bond motifs is 1. The molecule has 4 rings (SSSR count). The van der Waals surface area contributed by atoms with Crippen LogP contribution in [0.15, 0.2) is 38.3 Å². The first-order valence-electron chi connectivity index (χ1n) is 7.30. The van der Waals surface area contributed by atoms with E-state index in [9.17, 15) is 14.4 Å². The molecule has 0 aliphatic carbocycles. The Kier molecular flexibility index (Phi) is 2.97. The summed E-state index contributed by atoms with van der Waals surface area (Å²) in [7, 11) is 0. The highest BCUT2D eigenvalue weighted by molar-refractivity contribution is 5.97. The maximum atomic E-state index is 12.6. The number of nitrogens with one attached hydrogen (secondary N) is 3. The fourth-order valence-electron chi connectivity index (χ4n) is 3.03. The summed E-state index contributed by atoms with van der Waals surface area (Å²) in [5, 5.41) is 5.36. The van der Waals surface area contributed by atoms with E-state index in [1.54, 1.807) is 23.1 Å². The molecule has 0 bridgehead atoms. The van der Waals surface area contributed by atoms with Gasteiger partial charge in [-0.25, -0.2) is 4.79 Å². The first-order valence-corrected chi connectivity index (χ1v) is 7.30. The van der Waals surface area contributed by atoms with E-state index in [1.807, 2.05) is 0 Å². The molecule has 3 aromatic rings. The number of nitrogens with zero attached hydrogens (tertiary/aromatic N) is 1. The number of benzene rings is 1. The summed E-state index contributed by atoms with van der Waals surface area (Å²) in [6.07, 6.45) is 0.796. The van der Waals surface area contributed by atoms with Gasteiger partial charge in [0.2, 0.25) is 0 Å². The molecular weight excluding hydrogens is 300 g/mol. The van der Waals surface area contributed by atoms with E-state index >= 15 is 0 Å². The van der Waals surface area contributed by atoms with Crippen LogP contribution in [-0.2, 0) is 0 Å². The highest BCUT2D eigenvalue weighted by Crippen LogP contribution is 2.26. The van der Waals surface area contributed by atoms with Crippen LogP contribution in [-0.4, -0.2) is 39.1 Å². The fraction of sp³-hybridized carbons (Fsp3) is 0.267. The number of carbonyl (C=O) groups is 1. The Morgan fingerprint density at radius 1 is 1.22 bits per heavy atom. The van der Waals surface area contributed by atoms with Crippen LogP contribution in [0.3, 0.4) is 0 Å². The molecule has 118 valence electrons. The zero-order valence-electron chi connectivity index (χ0n) is 12.1. The molecule has 1 aliphatic rings. The number of rotatable bonds is 2. The Morgan fingerprint density at radius 2 is 2.09 bits per heavy atom. The normalized spacial score (nSPS) is 17.9. The molecule has 1 aromatic carbocycles. The Morgan fingerprint density at radius 3 is 2.87 bits per heavy atom. The second-order valence-corrected chi connectivity index (χ2v) is 5.68. The lowest BCUT2D eigenvalue weighted by Gasteiger charge is -2.16. The molecule has 8 heteroatoms. The highest BCUT2D eigenvalue weighted by Gasteiger charge is 2.29. The zero-order valence-corrected chi connectivity index (χ0v) is 12.1. The molecule has 3 heterocycles. The molecule has 0 saturated carbocycles. The molecule has 3 N–H and O–H groups in total. The van der Waals surface area contributed by atoms with Gasteiger partial charge in [-0.05, 0) is 24.6 Å². The molecule has 0 radical (unpaired) electrons. The SMILES string of the molecule is O=C(c1ccc2oc(=O)[nH]c2c1)N1CCC(c2cc(=O)[nH][nH]2)C1. The van der Waals surface area contributed by atoms with Gasteiger partial charge in [-0.15, -0.1) is 0 Å². The molecule has 8 nitrogen and oxygen atoms in total. The van der Waals surface area contributed by atoms with Gasteiger partial charge in [0.1, 0.15) is 0 Å². The van der Waals surface area contributed by atoms with Crippen LogP contribution in [0.1, 0.15) is 28.4 Å². The largest absolute Gasteiger partial charge is 0.417 e. The Hall–Kier alpha value is -3.03. The molecule has 1 fully saturated rings. The van der Waals surface area contributed by atoms with Gasteiger partial charge >= 0.3 is 5.76 Å². The summed E-state index contributed by atoms with van der Waals surface area (Å²) < 4.78 is 4.93. The minimum Gasteiger partial charge on any atom is -0.408 e. The summed E-state index contributed by atoms with van der Waals surface area (Å²) in [5.41, 5.74) is 2.08. The standard InChI is InChI=1S/C15H14N4O4/c20-13-6-10(17-18-13)9-3-4-19(7-9)14(21)8-1-2-12-11(5-8)16-15(22)23-12/h1-2,5-6,9H,3-4,7H2,(H,16,22)(H2,17,18,20). The average Bonchev–Trinajstić information content (AvgIpc) is 3.23. The van der Waals surface area contributed by atoms with Crippen LogP contribution >= 0.6 is 0 Å². The first-order chi connectivity index (χ1) is 11.1. The quantitative estimate of drug-likeness (QED) is 0.648. The summed E-state index contributed by atoms with van der Waals surface area (Å²) >= 11 is 0. The van der Waals surface area contributed by atoms with Crippen LogP contribution in [0.5, 0.6) is 0 Å². The van der Waals surface area contributed by atoms with E-state index in [0.717, 1.165) is 12.1 Å². The van der Waals surface area contributed by atoms with Crippen LogP contribution in [0, 0.1) is 0 Å². The third-order valence-corrected chi connectivity index (χ3v) is 4.20. The number of amides is 1. The van der Waals surface area contributed by atoms with Gasteiger partial charge in [0.15, 0.2) is 5.58 Å². The van der Waals surface area contributed by atoms with Crippen molar-refractivity contribution in [2.24, 2.45) is 0 Å². The zero-order chi connectivity index (χ0) is 16.0. The molecule has 1 saturated heterocycles. The van der Waals surface area contributed by atoms with E-state index < -0.39 is 5.76 Å². The number of carbonyl (C=O) groups excluding carboxylic acids is 1. The number of hydrogen-bond acceptors (Lipinski definition) is 4. The topological polar surface area (TPSA) is 115 Å². The summed E-state index contributed by atoms with van der Waals surface area (Å²) in [6, 6.07) is 6.40. The second-order valence-electron chi connectivity index (χ2n) is 5.68. The van der Waals surface area contributed by atoms with Crippen molar-refractivity contribution in [1.82, 2.24) is 20.1 Å². The smallest absolute Gasteiger partial charge is 0.408 e. The van der Waals surface area contributed by atoms with E-state index in [4.69, 9.17) is 4.42 Å². The lowest BCUT2D eigenvalue weighted by Crippen LogP contribution is -2.28. The third kappa shape index (κ3) is 2.37. The van der Waals surface area contributed by atoms with Crippen LogP contribution in [0.2, 0.25) is 0 Å². The molecule has 2 aromatic heterocycles. The van der Waals surface area contributed by atoms with Gasteiger partial charge in [-0.1, -0.05) is 0 Å². The monoisotopic (exact) mass is 314 g/mol. The van der Waals surface area contributed by atoms with Crippen LogP contribution in [0.25, 0.3) is 11.1 Å². The van der Waals surface area contributed by atoms with Crippen LogP contribution < -0.4 is 11.3 Å². The molecule has 1 atom stereocenters. The molecule has 1 unspecified atom stereocenters.